The quantitative estimate of drug-likeness (QED) is 0.859. The molecule has 0 amide bonds. The Morgan fingerprint density at radius 2 is 1.81 bits per heavy atom. The highest BCUT2D eigenvalue weighted by Gasteiger charge is 2.20. The Morgan fingerprint density at radius 3 is 2.43 bits per heavy atom. The Bertz CT molecular complexity index is 691. The van der Waals surface area contributed by atoms with Gasteiger partial charge in [0.1, 0.15) is 4.21 Å². The molecular formula is C15H20N2O2S2. The first-order valence-corrected chi connectivity index (χ1v) is 9.04. The summed E-state index contributed by atoms with van der Waals surface area (Å²) in [6.07, 6.45) is 0. The zero-order chi connectivity index (χ0) is 15.5. The Morgan fingerprint density at radius 1 is 1.14 bits per heavy atom. The monoisotopic (exact) mass is 324 g/mol. The van der Waals surface area contributed by atoms with Crippen LogP contribution in [0.5, 0.6) is 0 Å². The standard InChI is InChI=1S/C15H20N2O2S2/c1-11-4-6-13(7-5-11)12(2)17-21(18,19)15-9-8-14(20-15)10-16-3/h4-9,12,16-17H,10H2,1-3H3. The van der Waals surface area contributed by atoms with Gasteiger partial charge in [-0.3, -0.25) is 0 Å². The molecule has 2 aromatic rings. The predicted octanol–water partition coefficient (Wildman–Crippen LogP) is 2.82. The number of sulfonamides is 1. The normalized spacial score (nSPS) is 13.3. The van der Waals surface area contributed by atoms with E-state index < -0.39 is 10.0 Å². The molecule has 2 rings (SSSR count). The van der Waals surface area contributed by atoms with E-state index in [-0.39, 0.29) is 6.04 Å². The van der Waals surface area contributed by atoms with E-state index in [2.05, 4.69) is 10.0 Å². The molecule has 2 N–H and O–H groups in total. The summed E-state index contributed by atoms with van der Waals surface area (Å²) in [6.45, 7) is 4.53. The number of hydrogen-bond acceptors (Lipinski definition) is 4. The predicted molar refractivity (Wildman–Crippen MR) is 87.0 cm³/mol. The van der Waals surface area contributed by atoms with Gasteiger partial charge in [0.05, 0.1) is 0 Å². The minimum Gasteiger partial charge on any atom is -0.315 e. The third kappa shape index (κ3) is 4.14. The summed E-state index contributed by atoms with van der Waals surface area (Å²) in [5.41, 5.74) is 2.11. The summed E-state index contributed by atoms with van der Waals surface area (Å²) in [4.78, 5) is 1.00. The summed E-state index contributed by atoms with van der Waals surface area (Å²) in [6, 6.07) is 11.1. The largest absolute Gasteiger partial charge is 0.315 e. The number of hydrogen-bond donors (Lipinski definition) is 2. The number of rotatable bonds is 6. The molecule has 0 saturated heterocycles. The molecule has 0 bridgehead atoms. The van der Waals surface area contributed by atoms with E-state index in [1.165, 1.54) is 11.3 Å². The van der Waals surface area contributed by atoms with E-state index >= 15 is 0 Å². The van der Waals surface area contributed by atoms with Crippen LogP contribution in [0.25, 0.3) is 0 Å². The van der Waals surface area contributed by atoms with Gasteiger partial charge >= 0.3 is 0 Å². The van der Waals surface area contributed by atoms with E-state index in [0.717, 1.165) is 16.0 Å². The van der Waals surface area contributed by atoms with Crippen LogP contribution < -0.4 is 10.0 Å². The topological polar surface area (TPSA) is 58.2 Å². The van der Waals surface area contributed by atoms with Crippen molar-refractivity contribution >= 4 is 21.4 Å². The molecule has 1 aromatic carbocycles. The van der Waals surface area contributed by atoms with Crippen LogP contribution in [0.15, 0.2) is 40.6 Å². The average Bonchev–Trinajstić information content (AvgIpc) is 2.89. The van der Waals surface area contributed by atoms with Gasteiger partial charge in [-0.25, -0.2) is 13.1 Å². The molecular weight excluding hydrogens is 304 g/mol. The van der Waals surface area contributed by atoms with Crippen molar-refractivity contribution in [3.8, 4) is 0 Å². The van der Waals surface area contributed by atoms with Crippen molar-refractivity contribution < 1.29 is 8.42 Å². The van der Waals surface area contributed by atoms with Crippen LogP contribution in [0.3, 0.4) is 0 Å². The molecule has 1 atom stereocenters. The third-order valence-corrected chi connectivity index (χ3v) is 6.28. The highest BCUT2D eigenvalue weighted by atomic mass is 32.2. The molecule has 1 aromatic heterocycles. The lowest BCUT2D eigenvalue weighted by atomic mass is 10.1. The molecule has 114 valence electrons. The van der Waals surface area contributed by atoms with E-state index in [4.69, 9.17) is 0 Å². The Balaban J connectivity index is 2.14. The van der Waals surface area contributed by atoms with E-state index in [9.17, 15) is 8.42 Å². The first-order chi connectivity index (χ1) is 9.92. The van der Waals surface area contributed by atoms with Gasteiger partial charge < -0.3 is 5.32 Å². The molecule has 0 aliphatic carbocycles. The summed E-state index contributed by atoms with van der Waals surface area (Å²) in [5.74, 6) is 0. The van der Waals surface area contributed by atoms with E-state index in [0.29, 0.717) is 10.8 Å². The van der Waals surface area contributed by atoms with E-state index in [1.807, 2.05) is 51.2 Å². The van der Waals surface area contributed by atoms with Crippen LogP contribution in [0.1, 0.15) is 29.0 Å². The fraction of sp³-hybridized carbons (Fsp3) is 0.333. The zero-order valence-corrected chi connectivity index (χ0v) is 14.0. The van der Waals surface area contributed by atoms with Crippen molar-refractivity contribution in [2.45, 2.75) is 30.6 Å². The second kappa shape index (κ2) is 6.70. The molecule has 0 fully saturated rings. The summed E-state index contributed by atoms with van der Waals surface area (Å²) >= 11 is 1.29. The van der Waals surface area contributed by atoms with Crippen molar-refractivity contribution in [1.82, 2.24) is 10.0 Å². The lowest BCUT2D eigenvalue weighted by Gasteiger charge is -2.14. The molecule has 0 aliphatic rings. The van der Waals surface area contributed by atoms with Gasteiger partial charge in [-0.1, -0.05) is 29.8 Å². The van der Waals surface area contributed by atoms with E-state index in [1.54, 1.807) is 6.07 Å². The minimum absolute atomic E-state index is 0.259. The second-order valence-corrected chi connectivity index (χ2v) is 8.11. The fourth-order valence-electron chi connectivity index (χ4n) is 1.99. The van der Waals surface area contributed by atoms with Crippen LogP contribution in [0, 0.1) is 6.92 Å². The van der Waals surface area contributed by atoms with Crippen molar-refractivity contribution in [2.24, 2.45) is 0 Å². The molecule has 0 spiro atoms. The molecule has 6 heteroatoms. The molecule has 1 heterocycles. The van der Waals surface area contributed by atoms with Gasteiger partial charge in [0.2, 0.25) is 0 Å². The molecule has 1 unspecified atom stereocenters. The molecule has 0 aliphatic heterocycles. The van der Waals surface area contributed by atoms with Crippen molar-refractivity contribution in [3.63, 3.8) is 0 Å². The number of thiophene rings is 1. The smallest absolute Gasteiger partial charge is 0.250 e. The molecule has 0 radical (unpaired) electrons. The van der Waals surface area contributed by atoms with Crippen molar-refractivity contribution in [2.75, 3.05) is 7.05 Å². The van der Waals surface area contributed by atoms with Crippen LogP contribution in [0.4, 0.5) is 0 Å². The van der Waals surface area contributed by atoms with Crippen molar-refractivity contribution in [3.05, 3.63) is 52.4 Å². The summed E-state index contributed by atoms with van der Waals surface area (Å²) in [5, 5.41) is 3.02. The van der Waals surface area contributed by atoms with Gasteiger partial charge in [-0.05, 0) is 38.6 Å². The van der Waals surface area contributed by atoms with Crippen LogP contribution in [0.2, 0.25) is 0 Å². The van der Waals surface area contributed by atoms with Gasteiger partial charge in [0.15, 0.2) is 0 Å². The third-order valence-electron chi connectivity index (χ3n) is 3.16. The maximum absolute atomic E-state index is 12.4. The Hall–Kier alpha value is -1.21. The molecule has 4 nitrogen and oxygen atoms in total. The van der Waals surface area contributed by atoms with Crippen LogP contribution in [-0.2, 0) is 16.6 Å². The summed E-state index contributed by atoms with van der Waals surface area (Å²) in [7, 11) is -1.64. The first-order valence-electron chi connectivity index (χ1n) is 6.74. The van der Waals surface area contributed by atoms with Gasteiger partial charge in [0, 0.05) is 17.5 Å². The second-order valence-electron chi connectivity index (χ2n) is 5.00. The highest BCUT2D eigenvalue weighted by Crippen LogP contribution is 2.23. The lowest BCUT2D eigenvalue weighted by molar-refractivity contribution is 0.569. The van der Waals surface area contributed by atoms with Gasteiger partial charge in [-0.2, -0.15) is 0 Å². The number of nitrogens with one attached hydrogen (secondary N) is 2. The van der Waals surface area contributed by atoms with Crippen LogP contribution >= 0.6 is 11.3 Å². The lowest BCUT2D eigenvalue weighted by Crippen LogP contribution is -2.26. The molecule has 21 heavy (non-hydrogen) atoms. The fourth-order valence-corrected chi connectivity index (χ4v) is 4.60. The average molecular weight is 324 g/mol. The van der Waals surface area contributed by atoms with Gasteiger partial charge in [0.25, 0.3) is 10.0 Å². The highest BCUT2D eigenvalue weighted by molar-refractivity contribution is 7.91. The maximum Gasteiger partial charge on any atom is 0.250 e. The number of benzene rings is 1. The SMILES string of the molecule is CNCc1ccc(S(=O)(=O)NC(C)c2ccc(C)cc2)s1. The first kappa shape index (κ1) is 16.2. The Labute approximate surface area is 130 Å². The van der Waals surface area contributed by atoms with Gasteiger partial charge in [-0.15, -0.1) is 11.3 Å². The minimum atomic E-state index is -3.47. The molecule has 0 saturated carbocycles. The number of aryl methyl sites for hydroxylation is 1. The van der Waals surface area contributed by atoms with Crippen LogP contribution in [-0.4, -0.2) is 15.5 Å². The van der Waals surface area contributed by atoms with Crippen molar-refractivity contribution in [1.29, 1.82) is 0 Å². The maximum atomic E-state index is 12.4. The Kier molecular flexibility index (Phi) is 5.16. The zero-order valence-electron chi connectivity index (χ0n) is 12.4. The summed E-state index contributed by atoms with van der Waals surface area (Å²) < 4.78 is 27.8.